The van der Waals surface area contributed by atoms with Crippen LogP contribution in [0.5, 0.6) is 0 Å². The van der Waals surface area contributed by atoms with Gasteiger partial charge in [0.25, 0.3) is 0 Å². The molecule has 3 aliphatic rings. The van der Waals surface area contributed by atoms with E-state index in [9.17, 15) is 0 Å². The van der Waals surface area contributed by atoms with Crippen LogP contribution in [-0.4, -0.2) is 28.3 Å². The zero-order valence-electron chi connectivity index (χ0n) is 15.9. The molecule has 0 bridgehead atoms. The van der Waals surface area contributed by atoms with Crippen LogP contribution in [0, 0.1) is 11.3 Å². The third kappa shape index (κ3) is 2.32. The van der Waals surface area contributed by atoms with Crippen molar-refractivity contribution in [1.29, 1.82) is 0 Å². The number of hydrogen-bond donors (Lipinski definition) is 1. The Kier molecular flexibility index (Phi) is 3.56. The first-order valence-corrected chi connectivity index (χ1v) is 9.73. The third-order valence-corrected chi connectivity index (χ3v) is 6.69. The second-order valence-corrected chi connectivity index (χ2v) is 8.32. The molecule has 2 aromatic rings. The van der Waals surface area contributed by atoms with E-state index in [4.69, 9.17) is 15.6 Å². The van der Waals surface area contributed by atoms with Gasteiger partial charge in [0.2, 0.25) is 11.7 Å². The summed E-state index contributed by atoms with van der Waals surface area (Å²) in [5, 5.41) is 9.92. The molecule has 1 aromatic heterocycles. The number of aromatic nitrogens is 2. The molecule has 2 spiro atoms. The maximum Gasteiger partial charge on any atom is 0.220 e. The topological polar surface area (TPSA) is 76.6 Å². The summed E-state index contributed by atoms with van der Waals surface area (Å²) in [4.78, 5) is 11.4. The molecular weight excluding hydrogens is 338 g/mol. The van der Waals surface area contributed by atoms with Gasteiger partial charge in [0.15, 0.2) is 0 Å². The molecule has 6 nitrogen and oxygen atoms in total. The Morgan fingerprint density at radius 3 is 2.70 bits per heavy atom. The first kappa shape index (κ1) is 16.7. The van der Waals surface area contributed by atoms with Crippen molar-refractivity contribution in [3.63, 3.8) is 0 Å². The molecule has 1 fully saturated rings. The van der Waals surface area contributed by atoms with Crippen LogP contribution in [0.1, 0.15) is 43.7 Å². The fourth-order valence-corrected chi connectivity index (χ4v) is 5.08. The largest absolute Gasteiger partial charge is 0.368 e. The van der Waals surface area contributed by atoms with Crippen LogP contribution in [0.2, 0.25) is 0 Å². The maximum absolute atomic E-state index is 6.44. The summed E-state index contributed by atoms with van der Waals surface area (Å²) in [5.74, 6) is 1.21. The van der Waals surface area contributed by atoms with E-state index in [1.54, 1.807) is 11.3 Å². The number of aliphatic imine (C=N–C) groups is 1. The van der Waals surface area contributed by atoms with Crippen LogP contribution in [0.4, 0.5) is 0 Å². The summed E-state index contributed by atoms with van der Waals surface area (Å²) in [6.07, 6.45) is 7.30. The van der Waals surface area contributed by atoms with Crippen LogP contribution in [-0.2, 0) is 17.0 Å². The first-order chi connectivity index (χ1) is 13.0. The molecule has 0 amide bonds. The molecule has 0 saturated heterocycles. The molecule has 140 valence electrons. The Hall–Kier alpha value is -2.47. The molecule has 6 heteroatoms. The lowest BCUT2D eigenvalue weighted by Gasteiger charge is -2.44. The predicted octanol–water partition coefficient (Wildman–Crippen LogP) is 3.24. The van der Waals surface area contributed by atoms with Gasteiger partial charge in [-0.1, -0.05) is 19.1 Å². The fraction of sp³-hybridized carbons (Fsp3) is 0.476. The van der Waals surface area contributed by atoms with E-state index >= 15 is 0 Å². The average molecular weight is 363 g/mol. The second-order valence-electron chi connectivity index (χ2n) is 8.32. The third-order valence-electron chi connectivity index (χ3n) is 6.69. The Labute approximate surface area is 159 Å². The number of hydrogen-bond acceptors (Lipinski definition) is 6. The van der Waals surface area contributed by atoms with Crippen LogP contribution in [0.25, 0.3) is 11.3 Å². The lowest BCUT2D eigenvalue weighted by molar-refractivity contribution is -0.229. The van der Waals surface area contributed by atoms with E-state index in [-0.39, 0.29) is 5.41 Å². The van der Waals surface area contributed by atoms with Gasteiger partial charge in [-0.05, 0) is 61.8 Å². The van der Waals surface area contributed by atoms with Crippen molar-refractivity contribution >= 4 is 5.96 Å². The number of guanidine groups is 1. The normalized spacial score (nSPS) is 32.1. The van der Waals surface area contributed by atoms with Gasteiger partial charge in [-0.2, -0.15) is 10.2 Å². The minimum absolute atomic E-state index is 0.0296. The van der Waals surface area contributed by atoms with Crippen LogP contribution >= 0.6 is 0 Å². The van der Waals surface area contributed by atoms with Crippen LogP contribution in [0.15, 0.2) is 41.5 Å². The lowest BCUT2D eigenvalue weighted by Crippen LogP contribution is -2.45. The van der Waals surface area contributed by atoms with E-state index < -0.39 is 5.72 Å². The smallest absolute Gasteiger partial charge is 0.220 e. The highest BCUT2D eigenvalue weighted by atomic mass is 16.7. The van der Waals surface area contributed by atoms with Crippen molar-refractivity contribution in [3.8, 4) is 11.3 Å². The highest BCUT2D eigenvalue weighted by molar-refractivity contribution is 5.79. The molecule has 2 N–H and O–H groups in total. The molecular formula is C21H25N5O. The molecule has 1 saturated carbocycles. The highest BCUT2D eigenvalue weighted by Crippen LogP contribution is 2.62. The zero-order valence-corrected chi connectivity index (χ0v) is 15.9. The van der Waals surface area contributed by atoms with Crippen molar-refractivity contribution in [2.24, 2.45) is 22.1 Å². The van der Waals surface area contributed by atoms with E-state index in [1.165, 1.54) is 18.4 Å². The minimum atomic E-state index is -0.723. The predicted molar refractivity (Wildman–Crippen MR) is 103 cm³/mol. The van der Waals surface area contributed by atoms with Gasteiger partial charge >= 0.3 is 0 Å². The summed E-state index contributed by atoms with van der Waals surface area (Å²) in [5.41, 5.74) is 9.77. The van der Waals surface area contributed by atoms with Crippen LogP contribution in [0.3, 0.4) is 0 Å². The van der Waals surface area contributed by atoms with Gasteiger partial charge < -0.3 is 5.73 Å². The molecule has 2 heterocycles. The van der Waals surface area contributed by atoms with Gasteiger partial charge in [0.05, 0.1) is 5.69 Å². The molecule has 27 heavy (non-hydrogen) atoms. The Morgan fingerprint density at radius 1 is 1.22 bits per heavy atom. The van der Waals surface area contributed by atoms with Gasteiger partial charge in [-0.15, -0.1) is 0 Å². The van der Waals surface area contributed by atoms with Gasteiger partial charge in [0.1, 0.15) is 0 Å². The standard InChI is InChI=1S/C21H25N5O/c1-14-7-9-20(10-8-14)13-16-6-5-15(18-4-3-11-23-25-18)12-17(16)21(20)24-19(22)26(2)27-21/h3-6,11-12,14H,7-10,13H2,1-2H3,(H2,22,24). The van der Waals surface area contributed by atoms with Gasteiger partial charge in [0, 0.05) is 29.8 Å². The highest BCUT2D eigenvalue weighted by Gasteiger charge is 2.63. The van der Waals surface area contributed by atoms with Crippen molar-refractivity contribution in [3.05, 3.63) is 47.7 Å². The SMILES string of the molecule is CC1CCC2(CC1)Cc1ccc(-c3cccnn3)cc1C21N=C(N)N(C)O1. The molecule has 1 aliphatic heterocycles. The average Bonchev–Trinajstić information content (AvgIpc) is 3.13. The number of benzene rings is 1. The quantitative estimate of drug-likeness (QED) is 0.842. The Bertz CT molecular complexity index is 904. The van der Waals surface area contributed by atoms with E-state index in [2.05, 4.69) is 35.3 Å². The molecule has 5 rings (SSSR count). The summed E-state index contributed by atoms with van der Waals surface area (Å²) >= 11 is 0. The maximum atomic E-state index is 6.44. The van der Waals surface area contributed by atoms with Gasteiger partial charge in [-0.3, -0.25) is 0 Å². The van der Waals surface area contributed by atoms with Crippen LogP contribution < -0.4 is 5.73 Å². The molecule has 1 atom stereocenters. The van der Waals surface area contributed by atoms with Gasteiger partial charge in [-0.25, -0.2) is 14.9 Å². The number of hydroxylamine groups is 2. The number of nitrogens with two attached hydrogens (primary N) is 1. The molecule has 1 aromatic carbocycles. The summed E-state index contributed by atoms with van der Waals surface area (Å²) < 4.78 is 0. The number of nitrogens with zero attached hydrogens (tertiary/aromatic N) is 4. The minimum Gasteiger partial charge on any atom is -0.368 e. The monoisotopic (exact) mass is 363 g/mol. The Morgan fingerprint density at radius 2 is 2.04 bits per heavy atom. The van der Waals surface area contributed by atoms with Crippen molar-refractivity contribution in [2.75, 3.05) is 7.05 Å². The van der Waals surface area contributed by atoms with Crippen molar-refractivity contribution in [2.45, 2.75) is 44.8 Å². The lowest BCUT2D eigenvalue weighted by atomic mass is 9.65. The number of fused-ring (bicyclic) bond motifs is 3. The van der Waals surface area contributed by atoms with E-state index in [0.717, 1.165) is 42.0 Å². The molecule has 0 radical (unpaired) electrons. The van der Waals surface area contributed by atoms with Crippen molar-refractivity contribution < 1.29 is 4.84 Å². The Balaban J connectivity index is 1.66. The van der Waals surface area contributed by atoms with Crippen molar-refractivity contribution in [1.82, 2.24) is 15.3 Å². The van der Waals surface area contributed by atoms with E-state index in [0.29, 0.717) is 5.96 Å². The molecule has 1 unspecified atom stereocenters. The summed E-state index contributed by atoms with van der Waals surface area (Å²) in [6.45, 7) is 2.34. The summed E-state index contributed by atoms with van der Waals surface area (Å²) in [6, 6.07) is 10.4. The first-order valence-electron chi connectivity index (χ1n) is 9.73. The summed E-state index contributed by atoms with van der Waals surface area (Å²) in [7, 11) is 1.84. The number of rotatable bonds is 1. The molecule has 2 aliphatic carbocycles. The van der Waals surface area contributed by atoms with E-state index in [1.807, 2.05) is 19.2 Å². The fourth-order valence-electron chi connectivity index (χ4n) is 5.08. The zero-order chi connectivity index (χ0) is 18.6. The second kappa shape index (κ2) is 5.76.